The van der Waals surface area contributed by atoms with Crippen LogP contribution in [0, 0.1) is 5.92 Å². The lowest BCUT2D eigenvalue weighted by Gasteiger charge is -2.32. The van der Waals surface area contributed by atoms with Crippen LogP contribution >= 0.6 is 0 Å². The molecule has 0 saturated carbocycles. The van der Waals surface area contributed by atoms with Crippen LogP contribution in [0.3, 0.4) is 0 Å². The molecule has 1 aliphatic rings. The predicted octanol–water partition coefficient (Wildman–Crippen LogP) is 4.97. The average molecular weight is 353 g/mol. The fraction of sp³-hybridized carbons (Fsp3) is 0.381. The van der Waals surface area contributed by atoms with Gasteiger partial charge in [0.25, 0.3) is 0 Å². The van der Waals surface area contributed by atoms with E-state index in [9.17, 15) is 4.79 Å². The molecular weight excluding hydrogens is 326 g/mol. The molecule has 5 heteroatoms. The lowest BCUT2D eigenvalue weighted by atomic mass is 9.99. The standard InChI is InChI=1S/C21H27N3O2/c1-3-26-20-7-5-4-6-19(20)23-21(25)22-17-8-10-18(11-9-17)24-14-12-16(2)13-15-24/h4-11,16H,3,12-15H2,1-2H3,(H2,22,23,25). The van der Waals surface area contributed by atoms with Gasteiger partial charge in [0.2, 0.25) is 0 Å². The summed E-state index contributed by atoms with van der Waals surface area (Å²) in [6.45, 7) is 6.98. The average Bonchev–Trinajstić information content (AvgIpc) is 2.65. The summed E-state index contributed by atoms with van der Waals surface area (Å²) in [6.07, 6.45) is 2.48. The van der Waals surface area contributed by atoms with Gasteiger partial charge in [-0.3, -0.25) is 0 Å². The highest BCUT2D eigenvalue weighted by Gasteiger charge is 2.16. The Labute approximate surface area is 155 Å². The first-order valence-electron chi connectivity index (χ1n) is 9.30. The van der Waals surface area contributed by atoms with Crippen LogP contribution < -0.4 is 20.3 Å². The quantitative estimate of drug-likeness (QED) is 0.798. The number of urea groups is 1. The molecule has 1 saturated heterocycles. The fourth-order valence-corrected chi connectivity index (χ4v) is 3.16. The predicted molar refractivity (Wildman–Crippen MR) is 107 cm³/mol. The highest BCUT2D eigenvalue weighted by atomic mass is 16.5. The first-order chi connectivity index (χ1) is 12.7. The van der Waals surface area contributed by atoms with Crippen LogP contribution in [0.15, 0.2) is 48.5 Å². The van der Waals surface area contributed by atoms with Gasteiger partial charge in [-0.2, -0.15) is 0 Å². The Morgan fingerprint density at radius 3 is 2.46 bits per heavy atom. The SMILES string of the molecule is CCOc1ccccc1NC(=O)Nc1ccc(N2CCC(C)CC2)cc1. The van der Waals surface area contributed by atoms with E-state index in [1.54, 1.807) is 0 Å². The topological polar surface area (TPSA) is 53.6 Å². The van der Waals surface area contributed by atoms with Crippen molar-refractivity contribution >= 4 is 23.1 Å². The van der Waals surface area contributed by atoms with E-state index >= 15 is 0 Å². The van der Waals surface area contributed by atoms with Gasteiger partial charge < -0.3 is 20.3 Å². The van der Waals surface area contributed by atoms with Gasteiger partial charge in [-0.25, -0.2) is 4.79 Å². The van der Waals surface area contributed by atoms with E-state index in [1.165, 1.54) is 18.5 Å². The minimum atomic E-state index is -0.281. The largest absolute Gasteiger partial charge is 0.492 e. The molecule has 0 bridgehead atoms. The number of rotatable bonds is 5. The molecule has 5 nitrogen and oxygen atoms in total. The molecule has 1 fully saturated rings. The van der Waals surface area contributed by atoms with Gasteiger partial charge in [0, 0.05) is 24.5 Å². The van der Waals surface area contributed by atoms with E-state index in [4.69, 9.17) is 4.74 Å². The Hall–Kier alpha value is -2.69. The molecule has 26 heavy (non-hydrogen) atoms. The second-order valence-corrected chi connectivity index (χ2v) is 6.72. The van der Waals surface area contributed by atoms with Gasteiger partial charge in [0.15, 0.2) is 0 Å². The number of amides is 2. The van der Waals surface area contributed by atoms with Crippen LogP contribution in [0.25, 0.3) is 0 Å². The zero-order valence-electron chi connectivity index (χ0n) is 15.5. The summed E-state index contributed by atoms with van der Waals surface area (Å²) in [4.78, 5) is 14.7. The van der Waals surface area contributed by atoms with Crippen LogP contribution in [-0.2, 0) is 0 Å². The Balaban J connectivity index is 1.58. The molecule has 2 aromatic rings. The highest BCUT2D eigenvalue weighted by molar-refractivity contribution is 6.00. The maximum absolute atomic E-state index is 12.3. The summed E-state index contributed by atoms with van der Waals surface area (Å²) in [5.41, 5.74) is 2.64. The Morgan fingerprint density at radius 1 is 1.08 bits per heavy atom. The lowest BCUT2D eigenvalue weighted by Crippen LogP contribution is -2.32. The molecule has 0 radical (unpaired) electrons. The van der Waals surface area contributed by atoms with Crippen molar-refractivity contribution in [1.82, 2.24) is 0 Å². The van der Waals surface area contributed by atoms with Crippen molar-refractivity contribution in [1.29, 1.82) is 0 Å². The molecule has 2 aromatic carbocycles. The maximum Gasteiger partial charge on any atom is 0.323 e. The van der Waals surface area contributed by atoms with Gasteiger partial charge in [0.1, 0.15) is 5.75 Å². The summed E-state index contributed by atoms with van der Waals surface area (Å²) in [7, 11) is 0. The highest BCUT2D eigenvalue weighted by Crippen LogP contribution is 2.25. The van der Waals surface area contributed by atoms with Crippen molar-refractivity contribution in [3.63, 3.8) is 0 Å². The Kier molecular flexibility index (Phi) is 6.00. The number of hydrogen-bond donors (Lipinski definition) is 2. The summed E-state index contributed by atoms with van der Waals surface area (Å²) in [6, 6.07) is 15.2. The second-order valence-electron chi connectivity index (χ2n) is 6.72. The molecule has 2 amide bonds. The number of piperidine rings is 1. The monoisotopic (exact) mass is 353 g/mol. The first kappa shape index (κ1) is 18.1. The zero-order chi connectivity index (χ0) is 18.4. The molecule has 0 aliphatic carbocycles. The number of ether oxygens (including phenoxy) is 1. The van der Waals surface area contributed by atoms with Crippen molar-refractivity contribution < 1.29 is 9.53 Å². The molecule has 1 heterocycles. The number of hydrogen-bond acceptors (Lipinski definition) is 3. The van der Waals surface area contributed by atoms with E-state index in [1.807, 2.05) is 43.3 Å². The molecule has 0 unspecified atom stereocenters. The summed E-state index contributed by atoms with van der Waals surface area (Å²) >= 11 is 0. The third-order valence-corrected chi connectivity index (χ3v) is 4.71. The van der Waals surface area contributed by atoms with Crippen molar-refractivity contribution in [2.75, 3.05) is 35.2 Å². The van der Waals surface area contributed by atoms with Crippen molar-refractivity contribution in [3.8, 4) is 5.75 Å². The third-order valence-electron chi connectivity index (χ3n) is 4.71. The molecule has 0 atom stereocenters. The van der Waals surface area contributed by atoms with Crippen molar-refractivity contribution in [2.45, 2.75) is 26.7 Å². The van der Waals surface area contributed by atoms with Gasteiger partial charge in [0.05, 0.1) is 12.3 Å². The molecule has 138 valence electrons. The number of nitrogens with zero attached hydrogens (tertiary/aromatic N) is 1. The van der Waals surface area contributed by atoms with Gasteiger partial charge >= 0.3 is 6.03 Å². The van der Waals surface area contributed by atoms with Crippen LogP contribution in [0.4, 0.5) is 21.9 Å². The van der Waals surface area contributed by atoms with Crippen LogP contribution in [0.5, 0.6) is 5.75 Å². The van der Waals surface area contributed by atoms with E-state index in [0.717, 1.165) is 24.7 Å². The number of nitrogens with one attached hydrogen (secondary N) is 2. The van der Waals surface area contributed by atoms with Crippen molar-refractivity contribution in [3.05, 3.63) is 48.5 Å². The van der Waals surface area contributed by atoms with E-state index in [0.29, 0.717) is 18.0 Å². The third kappa shape index (κ3) is 4.69. The van der Waals surface area contributed by atoms with Gasteiger partial charge in [-0.15, -0.1) is 0 Å². The number of benzene rings is 2. The minimum Gasteiger partial charge on any atom is -0.492 e. The van der Waals surface area contributed by atoms with E-state index in [2.05, 4.69) is 34.6 Å². The van der Waals surface area contributed by atoms with Crippen LogP contribution in [0.2, 0.25) is 0 Å². The number of anilines is 3. The maximum atomic E-state index is 12.3. The normalized spacial score (nSPS) is 14.8. The molecule has 2 N–H and O–H groups in total. The summed E-state index contributed by atoms with van der Waals surface area (Å²) in [5.74, 6) is 1.48. The molecular formula is C21H27N3O2. The zero-order valence-corrected chi connectivity index (χ0v) is 15.5. The fourth-order valence-electron chi connectivity index (χ4n) is 3.16. The molecule has 0 aromatic heterocycles. The summed E-state index contributed by atoms with van der Waals surface area (Å²) < 4.78 is 5.53. The van der Waals surface area contributed by atoms with E-state index < -0.39 is 0 Å². The van der Waals surface area contributed by atoms with Gasteiger partial charge in [-0.05, 0) is 62.1 Å². The van der Waals surface area contributed by atoms with Gasteiger partial charge in [-0.1, -0.05) is 19.1 Å². The van der Waals surface area contributed by atoms with Crippen LogP contribution in [0.1, 0.15) is 26.7 Å². The minimum absolute atomic E-state index is 0.281. The Morgan fingerprint density at radius 2 is 1.77 bits per heavy atom. The molecule has 0 spiro atoms. The number of para-hydroxylation sites is 2. The van der Waals surface area contributed by atoms with Crippen molar-refractivity contribution in [2.24, 2.45) is 5.92 Å². The Bertz CT molecular complexity index is 722. The van der Waals surface area contributed by atoms with E-state index in [-0.39, 0.29) is 6.03 Å². The number of carbonyl (C=O) groups excluding carboxylic acids is 1. The number of carbonyl (C=O) groups is 1. The smallest absolute Gasteiger partial charge is 0.323 e. The molecule has 1 aliphatic heterocycles. The molecule has 3 rings (SSSR count). The lowest BCUT2D eigenvalue weighted by molar-refractivity contribution is 0.262. The first-order valence-corrected chi connectivity index (χ1v) is 9.30. The second kappa shape index (κ2) is 8.61. The summed E-state index contributed by atoms with van der Waals surface area (Å²) in [5, 5.41) is 5.71. The van der Waals surface area contributed by atoms with Crippen LogP contribution in [-0.4, -0.2) is 25.7 Å².